The Hall–Kier alpha value is -3.93. The van der Waals surface area contributed by atoms with Crippen LogP contribution >= 0.6 is 0 Å². The number of pyridine rings is 2. The lowest BCUT2D eigenvalue weighted by atomic mass is 9.94. The van der Waals surface area contributed by atoms with Crippen LogP contribution in [0.1, 0.15) is 21.6 Å². The Balaban J connectivity index is 1.72. The fourth-order valence-corrected chi connectivity index (χ4v) is 3.54. The van der Waals surface area contributed by atoms with Gasteiger partial charge in [0.15, 0.2) is 5.78 Å². The number of aromatic nitrogens is 2. The minimum absolute atomic E-state index is 0.00207. The van der Waals surface area contributed by atoms with Crippen LogP contribution in [0.5, 0.6) is 0 Å². The summed E-state index contributed by atoms with van der Waals surface area (Å²) in [5.41, 5.74) is 9.48. The summed E-state index contributed by atoms with van der Waals surface area (Å²) in [4.78, 5) is 21.5. The van der Waals surface area contributed by atoms with Crippen LogP contribution in [0.4, 0.5) is 14.5 Å². The summed E-state index contributed by atoms with van der Waals surface area (Å²) < 4.78 is 28.4. The van der Waals surface area contributed by atoms with Gasteiger partial charge in [0.05, 0.1) is 16.9 Å². The summed E-state index contributed by atoms with van der Waals surface area (Å²) >= 11 is 0. The summed E-state index contributed by atoms with van der Waals surface area (Å²) in [6.45, 7) is 1.99. The highest BCUT2D eigenvalue weighted by Crippen LogP contribution is 2.29. The molecule has 6 heteroatoms. The number of ketones is 1. The van der Waals surface area contributed by atoms with Crippen LogP contribution in [-0.2, 0) is 6.42 Å². The van der Waals surface area contributed by atoms with Gasteiger partial charge in [-0.25, -0.2) is 13.8 Å². The maximum absolute atomic E-state index is 14.2. The molecule has 4 nitrogen and oxygen atoms in total. The predicted molar refractivity (Wildman–Crippen MR) is 116 cm³/mol. The Morgan fingerprint density at radius 3 is 2.42 bits per heavy atom. The third-order valence-electron chi connectivity index (χ3n) is 5.10. The Kier molecular flexibility index (Phi) is 5.54. The number of anilines is 1. The van der Waals surface area contributed by atoms with E-state index < -0.39 is 11.6 Å². The van der Waals surface area contributed by atoms with E-state index in [9.17, 15) is 13.6 Å². The average Bonchev–Trinajstić information content (AvgIpc) is 2.75. The Morgan fingerprint density at radius 1 is 0.935 bits per heavy atom. The summed E-state index contributed by atoms with van der Waals surface area (Å²) in [6, 6.07) is 16.1. The lowest BCUT2D eigenvalue weighted by Gasteiger charge is -2.12. The quantitative estimate of drug-likeness (QED) is 0.443. The van der Waals surface area contributed by atoms with Crippen LogP contribution in [0.25, 0.3) is 22.4 Å². The number of nitrogen functional groups attached to an aromatic ring is 1. The monoisotopic (exact) mass is 415 g/mol. The van der Waals surface area contributed by atoms with Crippen LogP contribution in [0.15, 0.2) is 73.1 Å². The molecular formula is C25H19F2N3O. The van der Waals surface area contributed by atoms with Crippen molar-refractivity contribution < 1.29 is 13.6 Å². The number of halogens is 2. The fourth-order valence-electron chi connectivity index (χ4n) is 3.54. The Labute approximate surface area is 178 Å². The summed E-state index contributed by atoms with van der Waals surface area (Å²) in [5.74, 6) is -1.88. The zero-order chi connectivity index (χ0) is 22.0. The molecule has 2 aromatic heterocycles. The van der Waals surface area contributed by atoms with E-state index in [-0.39, 0.29) is 34.8 Å². The number of carbonyl (C=O) groups is 1. The van der Waals surface area contributed by atoms with E-state index in [1.807, 2.05) is 37.3 Å². The number of rotatable bonds is 5. The van der Waals surface area contributed by atoms with Crippen molar-refractivity contribution in [2.75, 3.05) is 5.73 Å². The number of Topliss-reactive ketones (excluding diaryl/α,β-unsaturated/α-hetero) is 1. The van der Waals surface area contributed by atoms with Crippen molar-refractivity contribution in [1.82, 2.24) is 9.97 Å². The molecule has 4 rings (SSSR count). The lowest BCUT2D eigenvalue weighted by molar-refractivity contribution is 0.0989. The summed E-state index contributed by atoms with van der Waals surface area (Å²) in [6.07, 6.45) is 3.30. The van der Waals surface area contributed by atoms with E-state index in [1.54, 1.807) is 12.4 Å². The van der Waals surface area contributed by atoms with Gasteiger partial charge >= 0.3 is 0 Å². The third kappa shape index (κ3) is 4.05. The molecule has 154 valence electrons. The molecule has 4 aromatic rings. The van der Waals surface area contributed by atoms with E-state index in [0.717, 1.165) is 28.8 Å². The minimum atomic E-state index is -0.759. The lowest BCUT2D eigenvalue weighted by Crippen LogP contribution is -2.11. The average molecular weight is 415 g/mol. The predicted octanol–water partition coefficient (Wildman–Crippen LogP) is 5.40. The first-order chi connectivity index (χ1) is 15.0. The molecule has 0 atom stereocenters. The highest BCUT2D eigenvalue weighted by molar-refractivity contribution is 6.01. The van der Waals surface area contributed by atoms with Crippen LogP contribution < -0.4 is 5.73 Å². The summed E-state index contributed by atoms with van der Waals surface area (Å²) in [7, 11) is 0. The molecule has 0 radical (unpaired) electrons. The van der Waals surface area contributed by atoms with Gasteiger partial charge in [0.1, 0.15) is 17.3 Å². The van der Waals surface area contributed by atoms with Gasteiger partial charge in [0, 0.05) is 18.8 Å². The van der Waals surface area contributed by atoms with Gasteiger partial charge < -0.3 is 5.73 Å². The standard InChI is InChI=1S/C25H19F2N3O/c1-15-5-2-3-6-17(15)18-11-12-29-14-16(18)13-23(31)25-21(28)9-10-22(30-25)24-19(26)7-4-8-20(24)27/h2-12,14H,13,28H2,1H3. The highest BCUT2D eigenvalue weighted by Gasteiger charge is 2.19. The van der Waals surface area contributed by atoms with Crippen LogP contribution in [-0.4, -0.2) is 15.8 Å². The zero-order valence-electron chi connectivity index (χ0n) is 16.8. The molecule has 0 aliphatic carbocycles. The molecule has 2 aromatic carbocycles. The second kappa shape index (κ2) is 8.44. The van der Waals surface area contributed by atoms with Crippen LogP contribution in [0.2, 0.25) is 0 Å². The van der Waals surface area contributed by atoms with E-state index >= 15 is 0 Å². The normalized spacial score (nSPS) is 10.8. The molecule has 0 spiro atoms. The minimum Gasteiger partial charge on any atom is -0.397 e. The molecule has 0 unspecified atom stereocenters. The molecule has 0 saturated carbocycles. The molecule has 2 heterocycles. The first kappa shape index (κ1) is 20.3. The van der Waals surface area contributed by atoms with Crippen molar-refractivity contribution in [3.63, 3.8) is 0 Å². The first-order valence-corrected chi connectivity index (χ1v) is 9.68. The number of carbonyl (C=O) groups excluding carboxylic acids is 1. The van der Waals surface area contributed by atoms with Gasteiger partial charge in [-0.05, 0) is 59.5 Å². The van der Waals surface area contributed by atoms with E-state index in [0.29, 0.717) is 5.56 Å². The van der Waals surface area contributed by atoms with Crippen molar-refractivity contribution in [2.24, 2.45) is 0 Å². The maximum atomic E-state index is 14.2. The van der Waals surface area contributed by atoms with E-state index in [2.05, 4.69) is 9.97 Å². The van der Waals surface area contributed by atoms with Crippen molar-refractivity contribution in [1.29, 1.82) is 0 Å². The second-order valence-corrected chi connectivity index (χ2v) is 7.18. The number of hydrogen-bond donors (Lipinski definition) is 1. The Bertz CT molecular complexity index is 1270. The van der Waals surface area contributed by atoms with Crippen LogP contribution in [0.3, 0.4) is 0 Å². The van der Waals surface area contributed by atoms with E-state index in [4.69, 9.17) is 5.73 Å². The van der Waals surface area contributed by atoms with Crippen molar-refractivity contribution >= 4 is 11.5 Å². The molecule has 0 fully saturated rings. The van der Waals surface area contributed by atoms with Crippen molar-refractivity contribution in [2.45, 2.75) is 13.3 Å². The fraction of sp³-hybridized carbons (Fsp3) is 0.0800. The number of nitrogens with two attached hydrogens (primary N) is 1. The molecule has 0 bridgehead atoms. The maximum Gasteiger partial charge on any atom is 0.187 e. The van der Waals surface area contributed by atoms with Crippen molar-refractivity contribution in [3.8, 4) is 22.4 Å². The number of hydrogen-bond acceptors (Lipinski definition) is 4. The molecule has 0 saturated heterocycles. The Morgan fingerprint density at radius 2 is 1.68 bits per heavy atom. The first-order valence-electron chi connectivity index (χ1n) is 9.68. The second-order valence-electron chi connectivity index (χ2n) is 7.18. The molecular weight excluding hydrogens is 396 g/mol. The molecule has 2 N–H and O–H groups in total. The highest BCUT2D eigenvalue weighted by atomic mass is 19.1. The largest absolute Gasteiger partial charge is 0.397 e. The summed E-state index contributed by atoms with van der Waals surface area (Å²) in [5, 5.41) is 0. The topological polar surface area (TPSA) is 68.9 Å². The van der Waals surface area contributed by atoms with Crippen LogP contribution in [0, 0.1) is 18.6 Å². The molecule has 0 amide bonds. The third-order valence-corrected chi connectivity index (χ3v) is 5.10. The molecule has 0 aliphatic rings. The zero-order valence-corrected chi connectivity index (χ0v) is 16.8. The van der Waals surface area contributed by atoms with Gasteiger partial charge in [0.2, 0.25) is 0 Å². The van der Waals surface area contributed by atoms with Gasteiger partial charge in [-0.2, -0.15) is 0 Å². The number of nitrogens with zero attached hydrogens (tertiary/aromatic N) is 2. The van der Waals surface area contributed by atoms with Gasteiger partial charge in [-0.15, -0.1) is 0 Å². The van der Waals surface area contributed by atoms with Gasteiger partial charge in [-0.1, -0.05) is 30.3 Å². The van der Waals surface area contributed by atoms with Gasteiger partial charge in [0.25, 0.3) is 0 Å². The molecule has 0 aliphatic heterocycles. The number of aryl methyl sites for hydroxylation is 1. The SMILES string of the molecule is Cc1ccccc1-c1ccncc1CC(=O)c1nc(-c2c(F)cccc2F)ccc1N. The smallest absolute Gasteiger partial charge is 0.187 e. The van der Waals surface area contributed by atoms with Gasteiger partial charge in [-0.3, -0.25) is 9.78 Å². The number of benzene rings is 2. The van der Waals surface area contributed by atoms with E-state index in [1.165, 1.54) is 18.2 Å². The van der Waals surface area contributed by atoms with Crippen molar-refractivity contribution in [3.05, 3.63) is 102 Å². The molecule has 31 heavy (non-hydrogen) atoms.